The quantitative estimate of drug-likeness (QED) is 0.734. The molecule has 2 amide bonds. The zero-order valence-electron chi connectivity index (χ0n) is 15.1. The van der Waals surface area contributed by atoms with E-state index in [-0.39, 0.29) is 24.3 Å². The van der Waals surface area contributed by atoms with E-state index >= 15 is 0 Å². The second-order valence-corrected chi connectivity index (χ2v) is 6.77. The van der Waals surface area contributed by atoms with Crippen LogP contribution in [-0.4, -0.2) is 44.9 Å². The molecule has 0 bridgehead atoms. The topological polar surface area (TPSA) is 104 Å². The third kappa shape index (κ3) is 3.55. The van der Waals surface area contributed by atoms with Crippen LogP contribution >= 0.6 is 0 Å². The minimum Gasteiger partial charge on any atom is -0.360 e. The summed E-state index contributed by atoms with van der Waals surface area (Å²) in [5.74, 6) is 0.801. The van der Waals surface area contributed by atoms with Crippen molar-refractivity contribution in [3.8, 4) is 0 Å². The van der Waals surface area contributed by atoms with E-state index in [2.05, 4.69) is 20.4 Å². The first kappa shape index (κ1) is 17.3. The second kappa shape index (κ2) is 7.22. The summed E-state index contributed by atoms with van der Waals surface area (Å²) in [5, 5.41) is 7.46. The summed E-state index contributed by atoms with van der Waals surface area (Å²) in [4.78, 5) is 34.2. The van der Waals surface area contributed by atoms with Crippen LogP contribution in [0.15, 0.2) is 35.0 Å². The van der Waals surface area contributed by atoms with E-state index in [4.69, 9.17) is 4.52 Å². The van der Waals surface area contributed by atoms with Gasteiger partial charge in [-0.15, -0.1) is 0 Å². The maximum absolute atomic E-state index is 12.8. The number of nitrogens with one attached hydrogen (secondary N) is 2. The summed E-state index contributed by atoms with van der Waals surface area (Å²) in [6.07, 6.45) is 3.05. The lowest BCUT2D eigenvalue weighted by atomic mass is 9.95. The minimum atomic E-state index is -0.110. The Kier molecular flexibility index (Phi) is 4.62. The molecule has 0 spiro atoms. The molecular weight excluding hydrogens is 346 g/mol. The highest BCUT2D eigenvalue weighted by atomic mass is 16.5. The summed E-state index contributed by atoms with van der Waals surface area (Å²) in [7, 11) is 0. The molecule has 1 saturated heterocycles. The van der Waals surface area contributed by atoms with Gasteiger partial charge in [-0.2, -0.15) is 4.98 Å². The van der Waals surface area contributed by atoms with Gasteiger partial charge in [0.2, 0.25) is 11.8 Å². The average molecular weight is 367 g/mol. The first-order valence-electron chi connectivity index (χ1n) is 9.04. The van der Waals surface area contributed by atoms with Gasteiger partial charge in [-0.05, 0) is 25.8 Å². The fourth-order valence-corrected chi connectivity index (χ4v) is 3.48. The van der Waals surface area contributed by atoms with E-state index in [0.717, 1.165) is 10.9 Å². The molecule has 1 aromatic carbocycles. The molecule has 0 radical (unpaired) electrons. The number of carbonyl (C=O) groups excluding carboxylic acids is 2. The van der Waals surface area contributed by atoms with E-state index in [1.54, 1.807) is 13.1 Å². The zero-order chi connectivity index (χ0) is 18.8. The molecule has 1 fully saturated rings. The van der Waals surface area contributed by atoms with E-state index in [9.17, 15) is 9.59 Å². The van der Waals surface area contributed by atoms with Gasteiger partial charge in [0.05, 0.1) is 12.1 Å². The number of likely N-dealkylation sites (tertiary alicyclic amines) is 1. The summed E-state index contributed by atoms with van der Waals surface area (Å²) in [6, 6.07) is 7.76. The molecule has 0 aliphatic carbocycles. The molecule has 3 heterocycles. The smallest absolute Gasteiger partial charge is 0.256 e. The van der Waals surface area contributed by atoms with E-state index in [1.165, 1.54) is 0 Å². The molecule has 1 aliphatic heterocycles. The lowest BCUT2D eigenvalue weighted by Gasteiger charge is -2.31. The number of fused-ring (bicyclic) bond motifs is 1. The van der Waals surface area contributed by atoms with Gasteiger partial charge in [-0.25, -0.2) is 0 Å². The van der Waals surface area contributed by atoms with Crippen LogP contribution in [-0.2, 0) is 11.3 Å². The van der Waals surface area contributed by atoms with Crippen molar-refractivity contribution in [2.24, 2.45) is 5.92 Å². The third-order valence-corrected chi connectivity index (χ3v) is 4.96. The first-order chi connectivity index (χ1) is 13.1. The normalized spacial score (nSPS) is 15.2. The third-order valence-electron chi connectivity index (χ3n) is 4.96. The van der Waals surface area contributed by atoms with Crippen LogP contribution in [0.1, 0.15) is 34.9 Å². The van der Waals surface area contributed by atoms with E-state index < -0.39 is 0 Å². The largest absolute Gasteiger partial charge is 0.360 e. The molecule has 27 heavy (non-hydrogen) atoms. The van der Waals surface area contributed by atoms with Gasteiger partial charge in [0.15, 0.2) is 5.82 Å². The number of hydrogen-bond acceptors (Lipinski definition) is 5. The standard InChI is InChI=1S/C19H21N5O3/c1-12-22-17(27-23-12)11-21-18(25)13-6-8-24(9-7-13)19(26)15-10-20-16-5-3-2-4-14(15)16/h2-5,10,13,20H,6-9,11H2,1H3,(H,21,25). The molecule has 0 unspecified atom stereocenters. The minimum absolute atomic E-state index is 0.00708. The van der Waals surface area contributed by atoms with Crippen molar-refractivity contribution in [1.29, 1.82) is 0 Å². The zero-order valence-corrected chi connectivity index (χ0v) is 15.1. The Morgan fingerprint density at radius 3 is 2.81 bits per heavy atom. The highest BCUT2D eigenvalue weighted by Gasteiger charge is 2.28. The number of para-hydroxylation sites is 1. The molecule has 140 valence electrons. The van der Waals surface area contributed by atoms with Crippen LogP contribution < -0.4 is 5.32 Å². The Labute approximate surface area is 155 Å². The van der Waals surface area contributed by atoms with Crippen LogP contribution in [0.5, 0.6) is 0 Å². The number of H-pyrrole nitrogens is 1. The van der Waals surface area contributed by atoms with Crippen LogP contribution in [0.4, 0.5) is 0 Å². The maximum atomic E-state index is 12.8. The van der Waals surface area contributed by atoms with Gasteiger partial charge in [0.1, 0.15) is 0 Å². The maximum Gasteiger partial charge on any atom is 0.256 e. The van der Waals surface area contributed by atoms with Gasteiger partial charge >= 0.3 is 0 Å². The van der Waals surface area contributed by atoms with E-state index in [0.29, 0.717) is 43.2 Å². The Morgan fingerprint density at radius 2 is 2.07 bits per heavy atom. The summed E-state index contributed by atoms with van der Waals surface area (Å²) in [6.45, 7) is 3.09. The van der Waals surface area contributed by atoms with Crippen LogP contribution in [0.25, 0.3) is 10.9 Å². The number of hydrogen-bond donors (Lipinski definition) is 2. The summed E-state index contributed by atoms with van der Waals surface area (Å²) in [5.41, 5.74) is 1.63. The predicted molar refractivity (Wildman–Crippen MR) is 97.8 cm³/mol. The second-order valence-electron chi connectivity index (χ2n) is 6.77. The van der Waals surface area contributed by atoms with Crippen molar-refractivity contribution in [2.75, 3.05) is 13.1 Å². The number of aryl methyl sites for hydroxylation is 1. The number of aromatic amines is 1. The average Bonchev–Trinajstić information content (AvgIpc) is 3.31. The lowest BCUT2D eigenvalue weighted by Crippen LogP contribution is -2.42. The number of aromatic nitrogens is 3. The predicted octanol–water partition coefficient (Wildman–Crippen LogP) is 2.03. The van der Waals surface area contributed by atoms with Gasteiger partial charge < -0.3 is 19.7 Å². The highest BCUT2D eigenvalue weighted by Crippen LogP contribution is 2.23. The Bertz CT molecular complexity index is 969. The SMILES string of the molecule is Cc1noc(CNC(=O)C2CCN(C(=O)c3c[nH]c4ccccc34)CC2)n1. The Morgan fingerprint density at radius 1 is 1.30 bits per heavy atom. The van der Waals surface area contributed by atoms with Crippen molar-refractivity contribution >= 4 is 22.7 Å². The molecule has 2 aromatic heterocycles. The molecule has 1 aliphatic rings. The Balaban J connectivity index is 1.33. The van der Waals surface area contributed by atoms with Gasteiger partial charge in [-0.1, -0.05) is 23.4 Å². The first-order valence-corrected chi connectivity index (χ1v) is 9.04. The molecule has 3 aromatic rings. The number of rotatable bonds is 4. The molecule has 0 saturated carbocycles. The molecule has 2 N–H and O–H groups in total. The van der Waals surface area contributed by atoms with Crippen molar-refractivity contribution in [2.45, 2.75) is 26.3 Å². The van der Waals surface area contributed by atoms with Gasteiger partial charge in [0, 0.05) is 36.1 Å². The molecule has 4 rings (SSSR count). The van der Waals surface area contributed by atoms with Crippen molar-refractivity contribution in [1.82, 2.24) is 25.3 Å². The fraction of sp³-hybridized carbons (Fsp3) is 0.368. The van der Waals surface area contributed by atoms with Crippen molar-refractivity contribution < 1.29 is 14.1 Å². The number of piperidine rings is 1. The van der Waals surface area contributed by atoms with E-state index in [1.807, 2.05) is 29.2 Å². The number of benzene rings is 1. The van der Waals surface area contributed by atoms with Crippen molar-refractivity contribution in [3.05, 3.63) is 47.7 Å². The summed E-state index contributed by atoms with van der Waals surface area (Å²) < 4.78 is 5.00. The monoisotopic (exact) mass is 367 g/mol. The van der Waals surface area contributed by atoms with Gasteiger partial charge in [0.25, 0.3) is 5.91 Å². The molecule has 8 nitrogen and oxygen atoms in total. The number of carbonyl (C=O) groups is 2. The lowest BCUT2D eigenvalue weighted by molar-refractivity contribution is -0.126. The summed E-state index contributed by atoms with van der Waals surface area (Å²) >= 11 is 0. The van der Waals surface area contributed by atoms with Crippen LogP contribution in [0.2, 0.25) is 0 Å². The van der Waals surface area contributed by atoms with Crippen LogP contribution in [0, 0.1) is 12.8 Å². The highest BCUT2D eigenvalue weighted by molar-refractivity contribution is 6.06. The fourth-order valence-electron chi connectivity index (χ4n) is 3.48. The number of nitrogens with zero attached hydrogens (tertiary/aromatic N) is 3. The van der Waals surface area contributed by atoms with Crippen molar-refractivity contribution in [3.63, 3.8) is 0 Å². The van der Waals surface area contributed by atoms with Gasteiger partial charge in [-0.3, -0.25) is 9.59 Å². The Hall–Kier alpha value is -3.16. The molecular formula is C19H21N5O3. The molecule has 0 atom stereocenters. The molecule has 8 heteroatoms. The van der Waals surface area contributed by atoms with Crippen LogP contribution in [0.3, 0.4) is 0 Å². The number of amides is 2.